The average Bonchev–Trinajstić information content (AvgIpc) is 2.73. The summed E-state index contributed by atoms with van der Waals surface area (Å²) >= 11 is 7.21. The molecule has 1 aromatic carbocycles. The van der Waals surface area contributed by atoms with Crippen molar-refractivity contribution in [1.82, 2.24) is 4.98 Å². The lowest BCUT2D eigenvalue weighted by molar-refractivity contribution is 0.100. The number of hydrogen-bond acceptors (Lipinski definition) is 4. The Morgan fingerprint density at radius 3 is 2.65 bits per heavy atom. The molecule has 2 aromatic rings. The lowest BCUT2D eigenvalue weighted by atomic mass is 10.2. The van der Waals surface area contributed by atoms with E-state index in [0.29, 0.717) is 16.4 Å². The maximum Gasteiger partial charge on any atom is 0.248 e. The molecule has 1 aromatic heterocycles. The monoisotopic (exact) mass is 267 g/mol. The first-order valence-electron chi connectivity index (χ1n) is 4.89. The fourth-order valence-electron chi connectivity index (χ4n) is 1.30. The number of primary amides is 1. The summed E-state index contributed by atoms with van der Waals surface area (Å²) < 4.78 is 0.672. The van der Waals surface area contributed by atoms with Crippen LogP contribution < -0.4 is 11.1 Å². The molecule has 0 aliphatic rings. The summed E-state index contributed by atoms with van der Waals surface area (Å²) in [4.78, 5) is 15.0. The van der Waals surface area contributed by atoms with Crippen LogP contribution in [0.1, 0.15) is 15.4 Å². The number of rotatable bonds is 4. The number of aromatic nitrogens is 1. The summed E-state index contributed by atoms with van der Waals surface area (Å²) in [5.74, 6) is -0.428. The van der Waals surface area contributed by atoms with Crippen molar-refractivity contribution in [1.29, 1.82) is 0 Å². The normalized spacial score (nSPS) is 10.2. The third-order valence-electron chi connectivity index (χ3n) is 2.14. The smallest absolute Gasteiger partial charge is 0.248 e. The number of benzene rings is 1. The van der Waals surface area contributed by atoms with Crippen LogP contribution in [0, 0.1) is 0 Å². The van der Waals surface area contributed by atoms with Crippen molar-refractivity contribution >= 4 is 34.5 Å². The van der Waals surface area contributed by atoms with E-state index >= 15 is 0 Å². The number of anilines is 1. The minimum Gasteiger partial charge on any atom is -0.379 e. The van der Waals surface area contributed by atoms with E-state index in [2.05, 4.69) is 10.3 Å². The first-order chi connectivity index (χ1) is 8.15. The van der Waals surface area contributed by atoms with Crippen LogP contribution in [0.25, 0.3) is 0 Å². The van der Waals surface area contributed by atoms with Gasteiger partial charge in [0.15, 0.2) is 0 Å². The summed E-state index contributed by atoms with van der Waals surface area (Å²) in [6, 6.07) is 6.96. The quantitative estimate of drug-likeness (QED) is 0.894. The topological polar surface area (TPSA) is 68.0 Å². The fraction of sp³-hybridized carbons (Fsp3) is 0.0909. The molecule has 0 unspecified atom stereocenters. The highest BCUT2D eigenvalue weighted by Crippen LogP contribution is 2.19. The Bertz CT molecular complexity index is 524. The van der Waals surface area contributed by atoms with Crippen molar-refractivity contribution in [2.75, 3.05) is 5.32 Å². The Morgan fingerprint density at radius 1 is 1.41 bits per heavy atom. The van der Waals surface area contributed by atoms with Gasteiger partial charge in [0.1, 0.15) is 9.34 Å². The Hall–Kier alpha value is -1.59. The van der Waals surface area contributed by atoms with Crippen LogP contribution in [0.3, 0.4) is 0 Å². The van der Waals surface area contributed by atoms with Crippen LogP contribution in [-0.2, 0) is 6.54 Å². The number of carbonyl (C=O) groups is 1. The summed E-state index contributed by atoms with van der Waals surface area (Å²) in [7, 11) is 0. The van der Waals surface area contributed by atoms with Gasteiger partial charge in [0, 0.05) is 11.3 Å². The van der Waals surface area contributed by atoms with Gasteiger partial charge in [-0.25, -0.2) is 4.98 Å². The van der Waals surface area contributed by atoms with Crippen LogP contribution in [0.2, 0.25) is 4.34 Å². The van der Waals surface area contributed by atoms with E-state index in [1.54, 1.807) is 30.5 Å². The molecular weight excluding hydrogens is 258 g/mol. The second-order valence-electron chi connectivity index (χ2n) is 3.35. The molecule has 17 heavy (non-hydrogen) atoms. The van der Waals surface area contributed by atoms with Crippen molar-refractivity contribution in [2.45, 2.75) is 6.54 Å². The number of thiazole rings is 1. The average molecular weight is 268 g/mol. The van der Waals surface area contributed by atoms with Gasteiger partial charge in [-0.05, 0) is 24.3 Å². The van der Waals surface area contributed by atoms with Gasteiger partial charge in [-0.3, -0.25) is 4.79 Å². The number of amides is 1. The van der Waals surface area contributed by atoms with E-state index in [1.165, 1.54) is 11.3 Å². The highest BCUT2D eigenvalue weighted by Gasteiger charge is 2.01. The molecule has 0 saturated heterocycles. The number of halogens is 1. The molecule has 0 spiro atoms. The largest absolute Gasteiger partial charge is 0.379 e. The summed E-state index contributed by atoms with van der Waals surface area (Å²) in [6.07, 6.45) is 1.62. The second-order valence-corrected chi connectivity index (χ2v) is 5.10. The van der Waals surface area contributed by atoms with Crippen molar-refractivity contribution in [3.63, 3.8) is 0 Å². The van der Waals surface area contributed by atoms with E-state index in [-0.39, 0.29) is 0 Å². The lowest BCUT2D eigenvalue weighted by Gasteiger charge is -2.04. The molecule has 3 N–H and O–H groups in total. The summed E-state index contributed by atoms with van der Waals surface area (Å²) in [5, 5.41) is 4.09. The zero-order valence-electron chi connectivity index (χ0n) is 8.81. The third-order valence-corrected chi connectivity index (χ3v) is 3.25. The van der Waals surface area contributed by atoms with Gasteiger partial charge < -0.3 is 11.1 Å². The molecule has 0 aliphatic carbocycles. The van der Waals surface area contributed by atoms with E-state index in [9.17, 15) is 4.79 Å². The molecule has 1 heterocycles. The number of nitrogens with two attached hydrogens (primary N) is 1. The highest BCUT2D eigenvalue weighted by molar-refractivity contribution is 7.15. The minimum atomic E-state index is -0.428. The predicted octanol–water partition coefficient (Wildman–Crippen LogP) is 2.51. The van der Waals surface area contributed by atoms with Crippen molar-refractivity contribution < 1.29 is 4.79 Å². The van der Waals surface area contributed by atoms with Crippen molar-refractivity contribution in [3.8, 4) is 0 Å². The Labute approximate surface area is 107 Å². The zero-order valence-corrected chi connectivity index (χ0v) is 10.4. The summed E-state index contributed by atoms with van der Waals surface area (Å²) in [5.41, 5.74) is 6.55. The number of hydrogen-bond donors (Lipinski definition) is 2. The van der Waals surface area contributed by atoms with Gasteiger partial charge >= 0.3 is 0 Å². The zero-order chi connectivity index (χ0) is 12.3. The molecule has 6 heteroatoms. The Kier molecular flexibility index (Phi) is 3.61. The molecule has 2 rings (SSSR count). The van der Waals surface area contributed by atoms with Gasteiger partial charge in [-0.15, -0.1) is 11.3 Å². The molecule has 0 fully saturated rings. The van der Waals surface area contributed by atoms with Gasteiger partial charge in [-0.1, -0.05) is 11.6 Å². The maximum atomic E-state index is 10.9. The van der Waals surface area contributed by atoms with E-state index < -0.39 is 5.91 Å². The molecule has 88 valence electrons. The van der Waals surface area contributed by atoms with Crippen molar-refractivity contribution in [2.24, 2.45) is 5.73 Å². The van der Waals surface area contributed by atoms with E-state index in [0.717, 1.165) is 10.7 Å². The van der Waals surface area contributed by atoms with Crippen LogP contribution in [0.4, 0.5) is 5.69 Å². The first kappa shape index (κ1) is 11.9. The third kappa shape index (κ3) is 3.18. The first-order valence-corrected chi connectivity index (χ1v) is 6.08. The predicted molar refractivity (Wildman–Crippen MR) is 69.4 cm³/mol. The van der Waals surface area contributed by atoms with Crippen LogP contribution in [0.5, 0.6) is 0 Å². The molecular formula is C11H10ClN3OS. The highest BCUT2D eigenvalue weighted by atomic mass is 35.5. The standard InChI is InChI=1S/C11H10ClN3OS/c12-9-5-15-10(17-9)6-14-8-3-1-7(2-4-8)11(13)16/h1-5,14H,6H2,(H2,13,16). The Morgan fingerprint density at radius 2 is 2.12 bits per heavy atom. The van der Waals surface area contributed by atoms with Crippen LogP contribution in [-0.4, -0.2) is 10.9 Å². The molecule has 4 nitrogen and oxygen atoms in total. The maximum absolute atomic E-state index is 10.9. The molecule has 0 radical (unpaired) electrons. The summed E-state index contributed by atoms with van der Waals surface area (Å²) in [6.45, 7) is 0.604. The van der Waals surface area contributed by atoms with Gasteiger partial charge in [-0.2, -0.15) is 0 Å². The van der Waals surface area contributed by atoms with Crippen LogP contribution >= 0.6 is 22.9 Å². The molecule has 1 amide bonds. The molecule has 0 bridgehead atoms. The van der Waals surface area contributed by atoms with Crippen LogP contribution in [0.15, 0.2) is 30.5 Å². The lowest BCUT2D eigenvalue weighted by Crippen LogP contribution is -2.10. The number of carbonyl (C=O) groups excluding carboxylic acids is 1. The molecule has 0 atom stereocenters. The minimum absolute atomic E-state index is 0.428. The molecule has 0 saturated carbocycles. The number of nitrogens with zero attached hydrogens (tertiary/aromatic N) is 1. The van der Waals surface area contributed by atoms with Crippen molar-refractivity contribution in [3.05, 3.63) is 45.4 Å². The second kappa shape index (κ2) is 5.16. The van der Waals surface area contributed by atoms with Gasteiger partial charge in [0.2, 0.25) is 5.91 Å². The van der Waals surface area contributed by atoms with E-state index in [1.807, 2.05) is 0 Å². The SMILES string of the molecule is NC(=O)c1ccc(NCc2ncc(Cl)s2)cc1. The van der Waals surface area contributed by atoms with E-state index in [4.69, 9.17) is 17.3 Å². The Balaban J connectivity index is 1.97. The van der Waals surface area contributed by atoms with Gasteiger partial charge in [0.05, 0.1) is 12.7 Å². The fourth-order valence-corrected chi connectivity index (χ4v) is 2.20. The number of nitrogens with one attached hydrogen (secondary N) is 1. The van der Waals surface area contributed by atoms with Gasteiger partial charge in [0.25, 0.3) is 0 Å². The molecule has 0 aliphatic heterocycles.